The molecule has 0 bridgehead atoms. The Labute approximate surface area is 254 Å². The third kappa shape index (κ3) is 6.31. The van der Waals surface area contributed by atoms with E-state index in [2.05, 4.69) is 22.8 Å². The first-order valence-electron chi connectivity index (χ1n) is 14.9. The third-order valence-electron chi connectivity index (χ3n) is 8.75. The van der Waals surface area contributed by atoms with Crippen LogP contribution >= 0.6 is 0 Å². The van der Waals surface area contributed by atoms with E-state index in [9.17, 15) is 23.2 Å². The molecule has 1 fully saturated rings. The van der Waals surface area contributed by atoms with Gasteiger partial charge in [-0.3, -0.25) is 14.4 Å². The van der Waals surface area contributed by atoms with Gasteiger partial charge < -0.3 is 25.0 Å². The predicted octanol–water partition coefficient (Wildman–Crippen LogP) is 5.10. The van der Waals surface area contributed by atoms with Crippen LogP contribution in [-0.2, 0) is 28.3 Å². The Morgan fingerprint density at radius 3 is 2.39 bits per heavy atom. The SMILES string of the molecule is CN1C(=O)c2cc(NC(=O)c3ccc(C(C)(F)F)cc3)ccc2OC[C@@H]2O[C@H](CC(=O)NC3Cc4ccccc4C3)CC[C@@H]21. The van der Waals surface area contributed by atoms with Crippen molar-refractivity contribution in [3.05, 3.63) is 94.5 Å². The number of nitrogens with one attached hydrogen (secondary N) is 2. The van der Waals surface area contributed by atoms with Gasteiger partial charge in [0.2, 0.25) is 5.91 Å². The average molecular weight is 604 g/mol. The summed E-state index contributed by atoms with van der Waals surface area (Å²) in [7, 11) is 1.72. The van der Waals surface area contributed by atoms with E-state index in [-0.39, 0.29) is 54.2 Å². The number of likely N-dealkylation sites (N-methyl/N-ethyl adjacent to an activating group) is 1. The molecule has 3 amide bonds. The van der Waals surface area contributed by atoms with Crippen molar-refractivity contribution in [3.63, 3.8) is 0 Å². The van der Waals surface area contributed by atoms with Crippen molar-refractivity contribution in [2.45, 2.75) is 69.2 Å². The first kappa shape index (κ1) is 29.7. The smallest absolute Gasteiger partial charge is 0.270 e. The van der Waals surface area contributed by atoms with Gasteiger partial charge in [-0.1, -0.05) is 36.4 Å². The number of benzene rings is 3. The van der Waals surface area contributed by atoms with Crippen LogP contribution in [0.4, 0.5) is 14.5 Å². The molecule has 3 atom stereocenters. The molecule has 0 spiro atoms. The van der Waals surface area contributed by atoms with E-state index in [1.54, 1.807) is 30.1 Å². The molecular weight excluding hydrogens is 568 g/mol. The topological polar surface area (TPSA) is 97.0 Å². The number of alkyl halides is 2. The highest BCUT2D eigenvalue weighted by molar-refractivity contribution is 6.05. The molecule has 230 valence electrons. The van der Waals surface area contributed by atoms with Gasteiger partial charge >= 0.3 is 0 Å². The minimum atomic E-state index is -3.00. The Hall–Kier alpha value is -4.31. The quantitative estimate of drug-likeness (QED) is 0.409. The lowest BCUT2D eigenvalue weighted by molar-refractivity contribution is -0.134. The molecule has 0 saturated carbocycles. The van der Waals surface area contributed by atoms with Crippen LogP contribution in [0.3, 0.4) is 0 Å². The van der Waals surface area contributed by atoms with Gasteiger partial charge in [-0.25, -0.2) is 8.78 Å². The van der Waals surface area contributed by atoms with Crippen molar-refractivity contribution in [3.8, 4) is 5.75 Å². The summed E-state index contributed by atoms with van der Waals surface area (Å²) in [6.07, 6.45) is 2.51. The maximum Gasteiger partial charge on any atom is 0.270 e. The number of amides is 3. The summed E-state index contributed by atoms with van der Waals surface area (Å²) >= 11 is 0. The maximum absolute atomic E-state index is 13.6. The lowest BCUT2D eigenvalue weighted by Crippen LogP contribution is -2.54. The van der Waals surface area contributed by atoms with Crippen molar-refractivity contribution >= 4 is 23.4 Å². The van der Waals surface area contributed by atoms with Crippen LogP contribution in [0.2, 0.25) is 0 Å². The summed E-state index contributed by atoms with van der Waals surface area (Å²) in [5, 5.41) is 5.89. The number of hydrogen-bond acceptors (Lipinski definition) is 5. The van der Waals surface area contributed by atoms with Crippen LogP contribution in [-0.4, -0.2) is 60.6 Å². The molecule has 8 nitrogen and oxygen atoms in total. The van der Waals surface area contributed by atoms with E-state index < -0.39 is 17.9 Å². The van der Waals surface area contributed by atoms with Crippen molar-refractivity contribution in [1.82, 2.24) is 10.2 Å². The molecule has 10 heteroatoms. The van der Waals surface area contributed by atoms with Crippen LogP contribution in [0.25, 0.3) is 0 Å². The van der Waals surface area contributed by atoms with Gasteiger partial charge in [0, 0.05) is 36.8 Å². The largest absolute Gasteiger partial charge is 0.490 e. The first-order chi connectivity index (χ1) is 21.0. The number of carbonyl (C=O) groups excluding carboxylic acids is 3. The molecule has 44 heavy (non-hydrogen) atoms. The van der Waals surface area contributed by atoms with Crippen molar-refractivity contribution < 1.29 is 32.6 Å². The van der Waals surface area contributed by atoms with Crippen LogP contribution in [0.15, 0.2) is 66.7 Å². The fourth-order valence-electron chi connectivity index (χ4n) is 6.38. The van der Waals surface area contributed by atoms with Gasteiger partial charge in [0.1, 0.15) is 18.5 Å². The molecule has 3 aromatic rings. The summed E-state index contributed by atoms with van der Waals surface area (Å²) in [6.45, 7) is 0.997. The first-order valence-corrected chi connectivity index (χ1v) is 14.9. The molecule has 1 aliphatic carbocycles. The Morgan fingerprint density at radius 2 is 1.70 bits per heavy atom. The van der Waals surface area contributed by atoms with Gasteiger partial charge in [0.25, 0.3) is 17.7 Å². The van der Waals surface area contributed by atoms with Crippen LogP contribution in [0.1, 0.15) is 63.6 Å². The predicted molar refractivity (Wildman–Crippen MR) is 160 cm³/mol. The standard InChI is InChI=1S/C34H35F2N3O5/c1-34(35,36)23-9-7-20(8-10-23)32(41)38-24-11-14-29-27(17-24)33(42)39(2)28-13-12-26(44-30(28)19-43-29)18-31(40)37-25-15-21-5-3-4-6-22(21)16-25/h3-11,14,17,25-26,28,30H,12-13,15-16,18-19H2,1-2H3,(H,37,40)(H,38,41)/t26-,28-,30-/m0/s1. The summed E-state index contributed by atoms with van der Waals surface area (Å²) < 4.78 is 39.4. The molecule has 0 aromatic heterocycles. The van der Waals surface area contributed by atoms with Gasteiger partial charge in [0.15, 0.2) is 0 Å². The Balaban J connectivity index is 1.07. The number of halogens is 2. The Morgan fingerprint density at radius 1 is 1.00 bits per heavy atom. The van der Waals surface area contributed by atoms with Crippen molar-refractivity contribution in [1.29, 1.82) is 0 Å². The van der Waals surface area contributed by atoms with Crippen LogP contribution < -0.4 is 15.4 Å². The van der Waals surface area contributed by atoms with Gasteiger partial charge in [-0.2, -0.15) is 0 Å². The van der Waals surface area contributed by atoms with E-state index in [4.69, 9.17) is 9.47 Å². The van der Waals surface area contributed by atoms with E-state index in [1.807, 2.05) is 12.1 Å². The molecule has 2 heterocycles. The number of carbonyl (C=O) groups is 3. The highest BCUT2D eigenvalue weighted by Gasteiger charge is 2.39. The van der Waals surface area contributed by atoms with E-state index >= 15 is 0 Å². The van der Waals surface area contributed by atoms with Gasteiger partial charge in [-0.05, 0) is 67.1 Å². The summed E-state index contributed by atoms with van der Waals surface area (Å²) in [4.78, 5) is 40.9. The second kappa shape index (κ2) is 12.0. The third-order valence-corrected chi connectivity index (χ3v) is 8.75. The van der Waals surface area contributed by atoms with Crippen LogP contribution in [0, 0.1) is 0 Å². The zero-order valence-electron chi connectivity index (χ0n) is 24.6. The lowest BCUT2D eigenvalue weighted by atomic mass is 9.94. The molecule has 3 aromatic carbocycles. The number of ether oxygens (including phenoxy) is 2. The second-order valence-corrected chi connectivity index (χ2v) is 11.9. The van der Waals surface area contributed by atoms with Gasteiger partial charge in [-0.15, -0.1) is 0 Å². The molecule has 0 unspecified atom stereocenters. The molecular formula is C34H35F2N3O5. The minimum Gasteiger partial charge on any atom is -0.490 e. The lowest BCUT2D eigenvalue weighted by Gasteiger charge is -2.42. The molecule has 1 saturated heterocycles. The van der Waals surface area contributed by atoms with Crippen molar-refractivity contribution in [2.24, 2.45) is 0 Å². The molecule has 6 rings (SSSR count). The maximum atomic E-state index is 13.6. The monoisotopic (exact) mass is 603 g/mol. The van der Waals surface area contributed by atoms with Crippen molar-refractivity contribution in [2.75, 3.05) is 19.0 Å². The molecule has 0 radical (unpaired) electrons. The molecule has 2 aliphatic heterocycles. The number of anilines is 1. The van der Waals surface area contributed by atoms with Gasteiger partial charge in [0.05, 0.1) is 24.1 Å². The number of nitrogens with zero attached hydrogens (tertiary/aromatic N) is 1. The minimum absolute atomic E-state index is 0.0402. The summed E-state index contributed by atoms with van der Waals surface area (Å²) in [6, 6.07) is 18.0. The highest BCUT2D eigenvalue weighted by Crippen LogP contribution is 2.33. The second-order valence-electron chi connectivity index (χ2n) is 11.9. The Bertz CT molecular complexity index is 1550. The number of hydrogen-bond donors (Lipinski definition) is 2. The van der Waals surface area contributed by atoms with E-state index in [0.29, 0.717) is 29.8 Å². The van der Waals surface area contributed by atoms with E-state index in [0.717, 1.165) is 19.8 Å². The zero-order valence-corrected chi connectivity index (χ0v) is 24.6. The summed E-state index contributed by atoms with van der Waals surface area (Å²) in [5.41, 5.74) is 3.25. The molecule has 2 N–H and O–H groups in total. The fourth-order valence-corrected chi connectivity index (χ4v) is 6.38. The normalized spacial score (nSPS) is 21.7. The number of fused-ring (bicyclic) bond motifs is 3. The Kier molecular flexibility index (Phi) is 8.11. The van der Waals surface area contributed by atoms with E-state index in [1.165, 1.54) is 35.4 Å². The number of rotatable bonds is 6. The summed E-state index contributed by atoms with van der Waals surface area (Å²) in [5.74, 6) is -3.45. The average Bonchev–Trinajstić information content (AvgIpc) is 3.41. The zero-order chi connectivity index (χ0) is 31.0. The molecule has 3 aliphatic rings. The fraction of sp³-hybridized carbons (Fsp3) is 0.382. The highest BCUT2D eigenvalue weighted by atomic mass is 19.3. The van der Waals surface area contributed by atoms with Crippen LogP contribution in [0.5, 0.6) is 5.75 Å².